The molecule has 0 aliphatic rings. The number of thioether (sulfide) groups is 1. The highest BCUT2D eigenvalue weighted by Gasteiger charge is 2.13. The van der Waals surface area contributed by atoms with E-state index in [4.69, 9.17) is 23.2 Å². The van der Waals surface area contributed by atoms with E-state index in [1.807, 2.05) is 11.6 Å². The Balaban J connectivity index is 2.13. The Morgan fingerprint density at radius 1 is 1.47 bits per heavy atom. The van der Waals surface area contributed by atoms with Crippen LogP contribution in [-0.4, -0.2) is 17.1 Å². The molecule has 3 nitrogen and oxygen atoms in total. The van der Waals surface area contributed by atoms with Crippen LogP contribution in [0, 0.1) is 0 Å². The highest BCUT2D eigenvalue weighted by Crippen LogP contribution is 2.23. The predicted molar refractivity (Wildman–Crippen MR) is 83.7 cm³/mol. The van der Waals surface area contributed by atoms with E-state index < -0.39 is 0 Å². The van der Waals surface area contributed by atoms with E-state index in [9.17, 15) is 4.79 Å². The first-order valence-corrected chi connectivity index (χ1v) is 8.33. The Morgan fingerprint density at radius 2 is 2.26 bits per heavy atom. The number of amides is 1. The van der Waals surface area contributed by atoms with Gasteiger partial charge in [-0.1, -0.05) is 23.2 Å². The van der Waals surface area contributed by atoms with Gasteiger partial charge in [0.05, 0.1) is 16.3 Å². The molecule has 0 saturated heterocycles. The number of anilines is 1. The number of hydrogen-bond acceptors (Lipinski definition) is 4. The van der Waals surface area contributed by atoms with Gasteiger partial charge in [-0.2, -0.15) is 11.8 Å². The van der Waals surface area contributed by atoms with Crippen LogP contribution in [0.5, 0.6) is 0 Å². The van der Waals surface area contributed by atoms with Gasteiger partial charge in [0.2, 0.25) is 0 Å². The fourth-order valence-electron chi connectivity index (χ4n) is 1.41. The van der Waals surface area contributed by atoms with Gasteiger partial charge in [-0.05, 0) is 24.5 Å². The molecular weight excluding hydrogens is 323 g/mol. The summed E-state index contributed by atoms with van der Waals surface area (Å²) in [7, 11) is 0. The number of aromatic nitrogens is 1. The van der Waals surface area contributed by atoms with Gasteiger partial charge in [0, 0.05) is 16.2 Å². The SMILES string of the molecule is CSCc1csc(NC(=O)c2cc(Cl)ccc2Cl)n1. The number of carbonyl (C=O) groups excluding carboxylic acids is 1. The highest BCUT2D eigenvalue weighted by molar-refractivity contribution is 7.97. The molecule has 1 amide bonds. The third-order valence-electron chi connectivity index (χ3n) is 2.24. The molecule has 0 aliphatic carbocycles. The summed E-state index contributed by atoms with van der Waals surface area (Å²) in [6.07, 6.45) is 2.00. The molecule has 0 atom stereocenters. The van der Waals surface area contributed by atoms with Crippen LogP contribution in [-0.2, 0) is 5.75 Å². The van der Waals surface area contributed by atoms with E-state index in [0.717, 1.165) is 11.4 Å². The van der Waals surface area contributed by atoms with Crippen molar-refractivity contribution in [1.29, 1.82) is 0 Å². The molecule has 19 heavy (non-hydrogen) atoms. The topological polar surface area (TPSA) is 42.0 Å². The van der Waals surface area contributed by atoms with Gasteiger partial charge in [-0.3, -0.25) is 10.1 Å². The number of nitrogens with one attached hydrogen (secondary N) is 1. The summed E-state index contributed by atoms with van der Waals surface area (Å²) in [5, 5.41) is 6.04. The van der Waals surface area contributed by atoms with E-state index in [0.29, 0.717) is 20.7 Å². The number of nitrogens with zero attached hydrogens (tertiary/aromatic N) is 1. The molecule has 1 N–H and O–H groups in total. The Labute approximate surface area is 129 Å². The quantitative estimate of drug-likeness (QED) is 0.891. The van der Waals surface area contributed by atoms with E-state index in [1.165, 1.54) is 17.4 Å². The van der Waals surface area contributed by atoms with Crippen LogP contribution >= 0.6 is 46.3 Å². The molecule has 1 heterocycles. The lowest BCUT2D eigenvalue weighted by Crippen LogP contribution is -2.12. The Kier molecular flexibility index (Phi) is 5.10. The van der Waals surface area contributed by atoms with Gasteiger partial charge in [-0.15, -0.1) is 11.3 Å². The van der Waals surface area contributed by atoms with Crippen LogP contribution in [0.2, 0.25) is 10.0 Å². The predicted octanol–water partition coefficient (Wildman–Crippen LogP) is 4.57. The summed E-state index contributed by atoms with van der Waals surface area (Å²) in [6.45, 7) is 0. The molecule has 100 valence electrons. The lowest BCUT2D eigenvalue weighted by Gasteiger charge is -2.04. The zero-order valence-corrected chi connectivity index (χ0v) is 13.1. The molecule has 0 bridgehead atoms. The van der Waals surface area contributed by atoms with E-state index >= 15 is 0 Å². The van der Waals surface area contributed by atoms with Crippen molar-refractivity contribution in [2.45, 2.75) is 5.75 Å². The zero-order chi connectivity index (χ0) is 13.8. The molecule has 0 spiro atoms. The summed E-state index contributed by atoms with van der Waals surface area (Å²) in [6, 6.07) is 4.77. The molecular formula is C12H10Cl2N2OS2. The van der Waals surface area contributed by atoms with Crippen molar-refractivity contribution in [1.82, 2.24) is 4.98 Å². The molecule has 0 radical (unpaired) electrons. The third kappa shape index (κ3) is 3.86. The second-order valence-corrected chi connectivity index (χ2v) is 6.22. The normalized spacial score (nSPS) is 10.5. The summed E-state index contributed by atoms with van der Waals surface area (Å²) in [5.41, 5.74) is 1.29. The minimum absolute atomic E-state index is 0.308. The first-order chi connectivity index (χ1) is 9.10. The van der Waals surface area contributed by atoms with Crippen molar-refractivity contribution in [2.75, 3.05) is 11.6 Å². The standard InChI is InChI=1S/C12H10Cl2N2OS2/c1-18-5-8-6-19-12(15-8)16-11(17)9-4-7(13)2-3-10(9)14/h2-4,6H,5H2,1H3,(H,15,16,17). The van der Waals surface area contributed by atoms with Crippen molar-refractivity contribution in [3.8, 4) is 0 Å². The maximum atomic E-state index is 12.1. The fourth-order valence-corrected chi connectivity index (χ4v) is 3.04. The second-order valence-electron chi connectivity index (χ2n) is 3.66. The Bertz CT molecular complexity index is 601. The average Bonchev–Trinajstić information content (AvgIpc) is 2.80. The van der Waals surface area contributed by atoms with Crippen molar-refractivity contribution in [2.24, 2.45) is 0 Å². The molecule has 0 unspecified atom stereocenters. The first-order valence-electron chi connectivity index (χ1n) is 5.30. The number of rotatable bonds is 4. The maximum absolute atomic E-state index is 12.1. The van der Waals surface area contributed by atoms with Crippen molar-refractivity contribution >= 4 is 57.3 Å². The lowest BCUT2D eigenvalue weighted by atomic mass is 10.2. The number of halogens is 2. The van der Waals surface area contributed by atoms with Gasteiger partial charge >= 0.3 is 0 Å². The van der Waals surface area contributed by atoms with Crippen LogP contribution in [0.15, 0.2) is 23.6 Å². The molecule has 2 rings (SSSR count). The lowest BCUT2D eigenvalue weighted by molar-refractivity contribution is 0.102. The monoisotopic (exact) mass is 332 g/mol. The first kappa shape index (κ1) is 14.7. The summed E-state index contributed by atoms with van der Waals surface area (Å²) < 4.78 is 0. The summed E-state index contributed by atoms with van der Waals surface area (Å²) in [4.78, 5) is 16.4. The van der Waals surface area contributed by atoms with Crippen LogP contribution in [0.25, 0.3) is 0 Å². The maximum Gasteiger partial charge on any atom is 0.259 e. The molecule has 1 aromatic carbocycles. The molecule has 0 aliphatic heterocycles. The minimum Gasteiger partial charge on any atom is -0.298 e. The van der Waals surface area contributed by atoms with E-state index in [-0.39, 0.29) is 5.91 Å². The number of thiazole rings is 1. The average molecular weight is 333 g/mol. The molecule has 1 aromatic heterocycles. The third-order valence-corrected chi connectivity index (χ3v) is 4.19. The van der Waals surface area contributed by atoms with Gasteiger partial charge in [0.1, 0.15) is 0 Å². The number of benzene rings is 1. The molecule has 0 fully saturated rings. The van der Waals surface area contributed by atoms with E-state index in [2.05, 4.69) is 10.3 Å². The highest BCUT2D eigenvalue weighted by atomic mass is 35.5. The van der Waals surface area contributed by atoms with Gasteiger partial charge < -0.3 is 0 Å². The Hall–Kier alpha value is -0.750. The number of hydrogen-bond donors (Lipinski definition) is 1. The van der Waals surface area contributed by atoms with Gasteiger partial charge in [0.25, 0.3) is 5.91 Å². The van der Waals surface area contributed by atoms with Crippen LogP contribution in [0.3, 0.4) is 0 Å². The van der Waals surface area contributed by atoms with Crippen LogP contribution < -0.4 is 5.32 Å². The number of carbonyl (C=O) groups is 1. The Morgan fingerprint density at radius 3 is 3.00 bits per heavy atom. The van der Waals surface area contributed by atoms with Gasteiger partial charge in [0.15, 0.2) is 5.13 Å². The molecule has 0 saturated carbocycles. The fraction of sp³-hybridized carbons (Fsp3) is 0.167. The minimum atomic E-state index is -0.308. The van der Waals surface area contributed by atoms with Crippen LogP contribution in [0.1, 0.15) is 16.1 Å². The second kappa shape index (κ2) is 6.61. The van der Waals surface area contributed by atoms with Crippen molar-refractivity contribution in [3.63, 3.8) is 0 Å². The van der Waals surface area contributed by atoms with Crippen molar-refractivity contribution in [3.05, 3.63) is 44.9 Å². The van der Waals surface area contributed by atoms with Crippen molar-refractivity contribution < 1.29 is 4.79 Å². The van der Waals surface area contributed by atoms with Crippen LogP contribution in [0.4, 0.5) is 5.13 Å². The zero-order valence-electron chi connectivity index (χ0n) is 9.94. The summed E-state index contributed by atoms with van der Waals surface area (Å²) >= 11 is 14.9. The molecule has 2 aromatic rings. The molecule has 7 heteroatoms. The van der Waals surface area contributed by atoms with Gasteiger partial charge in [-0.25, -0.2) is 4.98 Å². The smallest absolute Gasteiger partial charge is 0.259 e. The summed E-state index contributed by atoms with van der Waals surface area (Å²) in [5.74, 6) is 0.516. The van der Waals surface area contributed by atoms with E-state index in [1.54, 1.807) is 23.9 Å². The largest absolute Gasteiger partial charge is 0.298 e.